The van der Waals surface area contributed by atoms with E-state index in [2.05, 4.69) is 21.3 Å². The number of nitrogens with zero attached hydrogens (tertiary/aromatic N) is 1. The van der Waals surface area contributed by atoms with Crippen LogP contribution in [0.1, 0.15) is 101 Å². The van der Waals surface area contributed by atoms with Crippen LogP contribution in [-0.4, -0.2) is 59.0 Å². The summed E-state index contributed by atoms with van der Waals surface area (Å²) in [7, 11) is 1.65. The minimum Gasteiger partial charge on any atom is -0.497 e. The minimum atomic E-state index is -1.48. The summed E-state index contributed by atoms with van der Waals surface area (Å²) in [6.45, 7) is 8.33. The summed E-state index contributed by atoms with van der Waals surface area (Å²) in [6.07, 6.45) is 6.57. The summed E-state index contributed by atoms with van der Waals surface area (Å²) in [5, 5.41) is 16.7. The van der Waals surface area contributed by atoms with Gasteiger partial charge in [0.05, 0.1) is 19.3 Å². The Hall–Kier alpha value is -4.21. The van der Waals surface area contributed by atoms with Crippen LogP contribution in [0.3, 0.4) is 0 Å². The minimum absolute atomic E-state index is 0.205. The number of aliphatic carboxylic acids is 1. The van der Waals surface area contributed by atoms with Gasteiger partial charge in [-0.2, -0.15) is 0 Å². The van der Waals surface area contributed by atoms with Crippen molar-refractivity contribution in [1.29, 1.82) is 0 Å². The normalized spacial score (nSPS) is 16.3. The van der Waals surface area contributed by atoms with E-state index in [0.717, 1.165) is 46.5 Å². The number of carboxylic acids is 1. The van der Waals surface area contributed by atoms with Gasteiger partial charge in [-0.1, -0.05) is 25.3 Å². The molecule has 3 aromatic rings. The number of ether oxygens (including phenoxy) is 3. The largest absolute Gasteiger partial charge is 0.497 e. The fourth-order valence-electron chi connectivity index (χ4n) is 6.69. The van der Waals surface area contributed by atoms with Crippen LogP contribution in [0, 0.1) is 0 Å². The number of amides is 2. The molecule has 2 aromatic carbocycles. The molecule has 0 spiro atoms. The Labute approximate surface area is 270 Å². The first-order chi connectivity index (χ1) is 21.9. The maximum absolute atomic E-state index is 13.6. The highest BCUT2D eigenvalue weighted by Crippen LogP contribution is 2.47. The summed E-state index contributed by atoms with van der Waals surface area (Å²) in [4.78, 5) is 37.9. The van der Waals surface area contributed by atoms with E-state index >= 15 is 0 Å². The second kappa shape index (κ2) is 13.6. The van der Waals surface area contributed by atoms with Gasteiger partial charge in [0.2, 0.25) is 0 Å². The van der Waals surface area contributed by atoms with Crippen molar-refractivity contribution in [3.05, 3.63) is 47.5 Å². The summed E-state index contributed by atoms with van der Waals surface area (Å²) in [6, 6.07) is 11.7. The number of hydrogen-bond donors (Lipinski definition) is 3. The molecule has 10 heteroatoms. The number of hydrogen-bond acceptors (Lipinski definition) is 6. The number of rotatable bonds is 10. The Kier molecular flexibility index (Phi) is 9.84. The standard InChI is InChI=1S/C36H47N3O7/c1-35(2,3)46-34(43)37-18-10-9-17-36(4,33(41)42)38-32(40)24-13-15-26-28(21-24)39-19-20-45-29-22-25(44-5)14-16-27(29)31(39)30(26)23-11-7-6-8-12-23/h13-16,21-23H,6-12,17-20H2,1-5H3,(H,37,43)(H,38,40)(H,41,42)/t36-/m0/s1. The number of benzene rings is 2. The molecule has 1 atom stereocenters. The number of carbonyl (C=O) groups excluding carboxylic acids is 2. The lowest BCUT2D eigenvalue weighted by molar-refractivity contribution is -0.144. The number of methoxy groups -OCH3 is 1. The molecule has 2 aliphatic rings. The zero-order valence-electron chi connectivity index (χ0n) is 27.7. The SMILES string of the molecule is COc1ccc2c(c1)OCCn1c-2c(C2CCCCC2)c2ccc(C(=O)N[C@@](C)(CCCCNC(=O)OC(C)(C)C)C(=O)O)cc21. The molecule has 1 saturated carbocycles. The Morgan fingerprint density at radius 3 is 2.48 bits per heavy atom. The Balaban J connectivity index is 1.40. The quantitative estimate of drug-likeness (QED) is 0.205. The van der Waals surface area contributed by atoms with Crippen molar-refractivity contribution in [3.8, 4) is 22.8 Å². The average Bonchev–Trinajstić information content (AvgIpc) is 3.21. The summed E-state index contributed by atoms with van der Waals surface area (Å²) >= 11 is 0. The molecule has 2 amide bonds. The van der Waals surface area contributed by atoms with Gasteiger partial charge in [0.15, 0.2) is 0 Å². The van der Waals surface area contributed by atoms with Crippen molar-refractivity contribution >= 4 is 28.9 Å². The average molecular weight is 634 g/mol. The van der Waals surface area contributed by atoms with Crippen LogP contribution >= 0.6 is 0 Å². The number of aromatic nitrogens is 1. The first-order valence-corrected chi connectivity index (χ1v) is 16.4. The number of unbranched alkanes of at least 4 members (excludes halogenated alkanes) is 1. The highest BCUT2D eigenvalue weighted by Gasteiger charge is 2.35. The molecular weight excluding hydrogens is 586 g/mol. The van der Waals surface area contributed by atoms with Crippen LogP contribution < -0.4 is 20.1 Å². The van der Waals surface area contributed by atoms with E-state index in [-0.39, 0.29) is 6.42 Å². The summed E-state index contributed by atoms with van der Waals surface area (Å²) < 4.78 is 19.2. The van der Waals surface area contributed by atoms with Gasteiger partial charge < -0.3 is 34.5 Å². The van der Waals surface area contributed by atoms with Crippen molar-refractivity contribution in [2.75, 3.05) is 20.3 Å². The van der Waals surface area contributed by atoms with Gasteiger partial charge in [0, 0.05) is 34.6 Å². The maximum Gasteiger partial charge on any atom is 0.407 e. The van der Waals surface area contributed by atoms with E-state index < -0.39 is 29.1 Å². The van der Waals surface area contributed by atoms with Crippen molar-refractivity contribution in [1.82, 2.24) is 15.2 Å². The molecule has 46 heavy (non-hydrogen) atoms. The third kappa shape index (κ3) is 7.26. The first kappa shape index (κ1) is 33.2. The van der Waals surface area contributed by atoms with E-state index in [4.69, 9.17) is 14.2 Å². The Morgan fingerprint density at radius 1 is 1.02 bits per heavy atom. The molecule has 2 heterocycles. The molecule has 1 aliphatic heterocycles. The van der Waals surface area contributed by atoms with E-state index in [0.29, 0.717) is 44.0 Å². The second-order valence-electron chi connectivity index (χ2n) is 13.7. The first-order valence-electron chi connectivity index (χ1n) is 16.4. The summed E-state index contributed by atoms with van der Waals surface area (Å²) in [5.41, 5.74) is 2.72. The molecule has 0 unspecified atom stereocenters. The predicted octanol–water partition coefficient (Wildman–Crippen LogP) is 7.03. The lowest BCUT2D eigenvalue weighted by Crippen LogP contribution is -2.52. The number of fused-ring (bicyclic) bond motifs is 5. The number of alkyl carbamates (subject to hydrolysis) is 1. The van der Waals surface area contributed by atoms with Gasteiger partial charge in [0.1, 0.15) is 29.2 Å². The van der Waals surface area contributed by atoms with E-state index in [9.17, 15) is 19.5 Å². The van der Waals surface area contributed by atoms with Crippen LogP contribution in [0.25, 0.3) is 22.2 Å². The third-order valence-corrected chi connectivity index (χ3v) is 9.03. The molecule has 0 bridgehead atoms. The summed E-state index contributed by atoms with van der Waals surface area (Å²) in [5.74, 6) is 0.378. The van der Waals surface area contributed by atoms with Crippen molar-refractivity contribution in [2.24, 2.45) is 0 Å². The Morgan fingerprint density at radius 2 is 1.78 bits per heavy atom. The molecule has 0 radical (unpaired) electrons. The number of nitrogens with one attached hydrogen (secondary N) is 2. The molecule has 248 valence electrons. The smallest absolute Gasteiger partial charge is 0.407 e. The van der Waals surface area contributed by atoms with Crippen molar-refractivity contribution < 1.29 is 33.7 Å². The molecule has 1 fully saturated rings. The van der Waals surface area contributed by atoms with Gasteiger partial charge in [-0.25, -0.2) is 9.59 Å². The second-order valence-corrected chi connectivity index (χ2v) is 13.7. The van der Waals surface area contributed by atoms with Gasteiger partial charge >= 0.3 is 12.1 Å². The fraction of sp³-hybridized carbons (Fsp3) is 0.528. The predicted molar refractivity (Wildman–Crippen MR) is 177 cm³/mol. The zero-order valence-corrected chi connectivity index (χ0v) is 27.7. The molecule has 1 aliphatic carbocycles. The molecule has 1 aromatic heterocycles. The third-order valence-electron chi connectivity index (χ3n) is 9.03. The maximum atomic E-state index is 13.6. The molecular formula is C36H47N3O7. The molecule has 5 rings (SSSR count). The lowest BCUT2D eigenvalue weighted by atomic mass is 9.81. The highest BCUT2D eigenvalue weighted by atomic mass is 16.6. The highest BCUT2D eigenvalue weighted by molar-refractivity contribution is 6.02. The topological polar surface area (TPSA) is 128 Å². The molecule has 10 nitrogen and oxygen atoms in total. The molecule has 3 N–H and O–H groups in total. The zero-order chi connectivity index (χ0) is 33.1. The van der Waals surface area contributed by atoms with E-state index in [1.807, 2.05) is 30.3 Å². The number of carboxylic acid groups (broad SMARTS) is 1. The van der Waals surface area contributed by atoms with Gasteiger partial charge in [-0.3, -0.25) is 4.79 Å². The van der Waals surface area contributed by atoms with Gasteiger partial charge in [-0.15, -0.1) is 0 Å². The van der Waals surface area contributed by atoms with Crippen LogP contribution in [0.15, 0.2) is 36.4 Å². The monoisotopic (exact) mass is 633 g/mol. The Bertz CT molecular complexity index is 1600. The van der Waals surface area contributed by atoms with E-state index in [1.54, 1.807) is 27.9 Å². The van der Waals surface area contributed by atoms with Gasteiger partial charge in [-0.05, 0) is 95.5 Å². The van der Waals surface area contributed by atoms with Crippen LogP contribution in [0.2, 0.25) is 0 Å². The molecule has 0 saturated heterocycles. The van der Waals surface area contributed by atoms with Crippen LogP contribution in [-0.2, 0) is 16.1 Å². The lowest BCUT2D eigenvalue weighted by Gasteiger charge is -2.26. The van der Waals surface area contributed by atoms with Crippen LogP contribution in [0.5, 0.6) is 11.5 Å². The van der Waals surface area contributed by atoms with Crippen molar-refractivity contribution in [3.63, 3.8) is 0 Å². The van der Waals surface area contributed by atoms with Crippen molar-refractivity contribution in [2.45, 2.75) is 103 Å². The van der Waals surface area contributed by atoms with E-state index in [1.165, 1.54) is 31.7 Å². The van der Waals surface area contributed by atoms with Gasteiger partial charge in [0.25, 0.3) is 5.91 Å². The number of carbonyl (C=O) groups is 3. The fourth-order valence-corrected chi connectivity index (χ4v) is 6.69. The van der Waals surface area contributed by atoms with Crippen LogP contribution in [0.4, 0.5) is 4.79 Å².